The van der Waals surface area contributed by atoms with Crippen molar-refractivity contribution in [2.75, 3.05) is 19.7 Å². The van der Waals surface area contributed by atoms with Crippen molar-refractivity contribution in [2.24, 2.45) is 0 Å². The smallest absolute Gasteiger partial charge is 0.305 e. The van der Waals surface area contributed by atoms with Gasteiger partial charge in [-0.1, -0.05) is 11.6 Å². The number of likely N-dealkylation sites (N-methyl/N-ethyl adjacent to an activating group) is 1. The molecule has 1 aliphatic rings. The predicted octanol–water partition coefficient (Wildman–Crippen LogP) is 2.44. The van der Waals surface area contributed by atoms with Crippen molar-refractivity contribution >= 4 is 29.6 Å². The zero-order valence-corrected chi connectivity index (χ0v) is 12.4. The fraction of sp³-hybridized carbons (Fsp3) is 0.333. The van der Waals surface area contributed by atoms with Crippen molar-refractivity contribution in [1.29, 1.82) is 0 Å². The third kappa shape index (κ3) is 3.76. The van der Waals surface area contributed by atoms with Crippen LogP contribution in [0.15, 0.2) is 23.8 Å². The fourth-order valence-electron chi connectivity index (χ4n) is 2.11. The number of nitrogens with zero attached hydrogens (tertiary/aromatic N) is 1. The largest absolute Gasteiger partial charge is 0.488 e. The van der Waals surface area contributed by atoms with E-state index in [4.69, 9.17) is 21.4 Å². The monoisotopic (exact) mass is 309 g/mol. The van der Waals surface area contributed by atoms with E-state index in [1.165, 1.54) is 4.90 Å². The number of halogens is 1. The molecular formula is C15H16ClNO4. The number of aliphatic carboxylic acids is 1. The molecule has 0 saturated carbocycles. The molecule has 2 rings (SSSR count). The lowest BCUT2D eigenvalue weighted by Gasteiger charge is -2.24. The topological polar surface area (TPSA) is 66.8 Å². The van der Waals surface area contributed by atoms with Crippen LogP contribution < -0.4 is 4.74 Å². The Bertz CT molecular complexity index is 597. The lowest BCUT2D eigenvalue weighted by Crippen LogP contribution is -2.35. The molecule has 0 spiro atoms. The van der Waals surface area contributed by atoms with Crippen molar-refractivity contribution in [3.63, 3.8) is 0 Å². The molecule has 0 aliphatic carbocycles. The SMILES string of the molecule is CCN(CCC(=O)O)C(=O)C1=Cc2cc(Cl)ccc2OC1. The van der Waals surface area contributed by atoms with Crippen LogP contribution in [0.2, 0.25) is 5.02 Å². The Hall–Kier alpha value is -2.01. The summed E-state index contributed by atoms with van der Waals surface area (Å²) in [5, 5.41) is 9.29. The number of amides is 1. The number of hydrogen-bond acceptors (Lipinski definition) is 3. The number of benzene rings is 1. The van der Waals surface area contributed by atoms with E-state index < -0.39 is 5.97 Å². The van der Waals surface area contributed by atoms with Crippen LogP contribution in [-0.2, 0) is 9.59 Å². The van der Waals surface area contributed by atoms with Gasteiger partial charge in [-0.15, -0.1) is 0 Å². The van der Waals surface area contributed by atoms with Crippen LogP contribution in [0.3, 0.4) is 0 Å². The van der Waals surface area contributed by atoms with E-state index in [1.807, 2.05) is 6.92 Å². The maximum Gasteiger partial charge on any atom is 0.305 e. The highest BCUT2D eigenvalue weighted by Gasteiger charge is 2.22. The second kappa shape index (κ2) is 6.63. The van der Waals surface area contributed by atoms with Gasteiger partial charge in [0.1, 0.15) is 12.4 Å². The number of rotatable bonds is 5. The Morgan fingerprint density at radius 1 is 1.43 bits per heavy atom. The molecule has 1 aromatic carbocycles. The van der Waals surface area contributed by atoms with Crippen LogP contribution in [0.25, 0.3) is 6.08 Å². The fourth-order valence-corrected chi connectivity index (χ4v) is 2.29. The Morgan fingerprint density at radius 2 is 2.19 bits per heavy atom. The minimum Gasteiger partial charge on any atom is -0.488 e. The van der Waals surface area contributed by atoms with Gasteiger partial charge >= 0.3 is 5.97 Å². The highest BCUT2D eigenvalue weighted by atomic mass is 35.5. The Morgan fingerprint density at radius 3 is 2.86 bits per heavy atom. The van der Waals surface area contributed by atoms with Gasteiger partial charge in [0.15, 0.2) is 0 Å². The minimum atomic E-state index is -0.924. The average molecular weight is 310 g/mol. The number of ether oxygens (including phenoxy) is 1. The molecule has 1 heterocycles. The summed E-state index contributed by atoms with van der Waals surface area (Å²) in [5.74, 6) is -0.443. The number of fused-ring (bicyclic) bond motifs is 1. The van der Waals surface area contributed by atoms with Crippen LogP contribution >= 0.6 is 11.6 Å². The molecule has 1 aliphatic heterocycles. The molecule has 6 heteroatoms. The van der Waals surface area contributed by atoms with Crippen molar-refractivity contribution < 1.29 is 19.4 Å². The van der Waals surface area contributed by atoms with E-state index in [-0.39, 0.29) is 25.5 Å². The van der Waals surface area contributed by atoms with Crippen LogP contribution in [0.4, 0.5) is 0 Å². The van der Waals surface area contributed by atoms with Gasteiger partial charge < -0.3 is 14.7 Å². The molecule has 1 N–H and O–H groups in total. The number of carbonyl (C=O) groups excluding carboxylic acids is 1. The number of carboxylic acids is 1. The molecular weight excluding hydrogens is 294 g/mol. The molecule has 0 radical (unpaired) electrons. The first-order valence-electron chi connectivity index (χ1n) is 6.65. The normalized spacial score (nSPS) is 13.0. The molecule has 0 fully saturated rings. The minimum absolute atomic E-state index is 0.0733. The van der Waals surface area contributed by atoms with Gasteiger partial charge in [-0.05, 0) is 31.2 Å². The molecule has 0 unspecified atom stereocenters. The maximum atomic E-state index is 12.4. The van der Waals surface area contributed by atoms with Crippen molar-refractivity contribution in [2.45, 2.75) is 13.3 Å². The van der Waals surface area contributed by atoms with Gasteiger partial charge in [0, 0.05) is 23.7 Å². The summed E-state index contributed by atoms with van der Waals surface area (Å²) < 4.78 is 5.54. The van der Waals surface area contributed by atoms with Crippen molar-refractivity contribution in [3.8, 4) is 5.75 Å². The third-order valence-corrected chi connectivity index (χ3v) is 3.46. The summed E-state index contributed by atoms with van der Waals surface area (Å²) in [6.45, 7) is 2.63. The number of carboxylic acid groups (broad SMARTS) is 1. The van der Waals surface area contributed by atoms with Crippen molar-refractivity contribution in [3.05, 3.63) is 34.4 Å². The first-order valence-corrected chi connectivity index (χ1v) is 7.03. The van der Waals surface area contributed by atoms with Crippen LogP contribution in [-0.4, -0.2) is 41.6 Å². The number of hydrogen-bond donors (Lipinski definition) is 1. The third-order valence-electron chi connectivity index (χ3n) is 3.22. The van der Waals surface area contributed by atoms with Crippen LogP contribution in [0.1, 0.15) is 18.9 Å². The van der Waals surface area contributed by atoms with Crippen LogP contribution in [0, 0.1) is 0 Å². The van der Waals surface area contributed by atoms with E-state index >= 15 is 0 Å². The summed E-state index contributed by atoms with van der Waals surface area (Å²) in [4.78, 5) is 24.5. The van der Waals surface area contributed by atoms with E-state index in [2.05, 4.69) is 0 Å². The predicted molar refractivity (Wildman–Crippen MR) is 79.4 cm³/mol. The van der Waals surface area contributed by atoms with Gasteiger partial charge in [-0.3, -0.25) is 9.59 Å². The Labute approximate surface area is 127 Å². The van der Waals surface area contributed by atoms with Gasteiger partial charge in [0.25, 0.3) is 5.91 Å². The molecule has 0 saturated heterocycles. The molecule has 21 heavy (non-hydrogen) atoms. The van der Waals surface area contributed by atoms with Crippen molar-refractivity contribution in [1.82, 2.24) is 4.90 Å². The molecule has 5 nitrogen and oxygen atoms in total. The Kier molecular flexibility index (Phi) is 4.85. The highest BCUT2D eigenvalue weighted by molar-refractivity contribution is 6.30. The second-order valence-electron chi connectivity index (χ2n) is 4.67. The molecule has 0 bridgehead atoms. The molecule has 1 amide bonds. The first kappa shape index (κ1) is 15.4. The second-order valence-corrected chi connectivity index (χ2v) is 5.11. The molecule has 1 aromatic rings. The van der Waals surface area contributed by atoms with Crippen LogP contribution in [0.5, 0.6) is 5.75 Å². The van der Waals surface area contributed by atoms with Gasteiger partial charge in [0.2, 0.25) is 0 Å². The highest BCUT2D eigenvalue weighted by Crippen LogP contribution is 2.29. The summed E-state index contributed by atoms with van der Waals surface area (Å²) in [5.41, 5.74) is 1.25. The van der Waals surface area contributed by atoms with Gasteiger partial charge in [-0.2, -0.15) is 0 Å². The first-order chi connectivity index (χ1) is 10.0. The summed E-state index contributed by atoms with van der Waals surface area (Å²) in [6.07, 6.45) is 1.67. The zero-order chi connectivity index (χ0) is 15.4. The zero-order valence-electron chi connectivity index (χ0n) is 11.6. The molecule has 112 valence electrons. The maximum absolute atomic E-state index is 12.4. The standard InChI is InChI=1S/C15H16ClNO4/c1-2-17(6-5-14(18)19)15(20)11-7-10-8-12(16)3-4-13(10)21-9-11/h3-4,7-8H,2,5-6,9H2,1H3,(H,18,19). The summed E-state index contributed by atoms with van der Waals surface area (Å²) >= 11 is 5.93. The average Bonchev–Trinajstić information content (AvgIpc) is 2.46. The van der Waals surface area contributed by atoms with E-state index in [9.17, 15) is 9.59 Å². The van der Waals surface area contributed by atoms with E-state index in [1.54, 1.807) is 24.3 Å². The van der Waals surface area contributed by atoms with E-state index in [0.29, 0.717) is 22.9 Å². The molecule has 0 aromatic heterocycles. The van der Waals surface area contributed by atoms with Gasteiger partial charge in [0.05, 0.1) is 12.0 Å². The quantitative estimate of drug-likeness (QED) is 0.907. The lowest BCUT2D eigenvalue weighted by molar-refractivity contribution is -0.138. The molecule has 0 atom stereocenters. The lowest BCUT2D eigenvalue weighted by atomic mass is 10.1. The summed E-state index contributed by atoms with van der Waals surface area (Å²) in [6, 6.07) is 5.22. The Balaban J connectivity index is 2.17. The number of carbonyl (C=O) groups is 2. The van der Waals surface area contributed by atoms with Gasteiger partial charge in [-0.25, -0.2) is 0 Å². The van der Waals surface area contributed by atoms with E-state index in [0.717, 1.165) is 5.56 Å². The summed E-state index contributed by atoms with van der Waals surface area (Å²) in [7, 11) is 0.